The molecule has 0 radical (unpaired) electrons. The smallest absolute Gasteiger partial charge is 0.338 e. The number of carbonyl (C=O) groups excluding carboxylic acids is 2. The maximum atomic E-state index is 11.1. The van der Waals surface area contributed by atoms with Gasteiger partial charge in [-0.2, -0.15) is 0 Å². The molecule has 0 aromatic heterocycles. The molecule has 0 rings (SSSR count). The van der Waals surface area contributed by atoms with Gasteiger partial charge in [-0.05, 0) is 6.42 Å². The molecule has 0 fully saturated rings. The Hall–Kier alpha value is -1.58. The number of carbonyl (C=O) groups is 2. The highest BCUT2D eigenvalue weighted by molar-refractivity contribution is 5.98. The summed E-state index contributed by atoms with van der Waals surface area (Å²) >= 11 is 0. The first kappa shape index (κ1) is 12.4. The predicted octanol–water partition coefficient (Wildman–Crippen LogP) is 1.23. The van der Waals surface area contributed by atoms with E-state index in [0.29, 0.717) is 0 Å². The molecule has 0 atom stereocenters. The number of esters is 2. The van der Waals surface area contributed by atoms with Gasteiger partial charge in [0.05, 0.1) is 19.8 Å². The van der Waals surface area contributed by atoms with Crippen LogP contribution in [0.1, 0.15) is 13.3 Å². The van der Waals surface area contributed by atoms with Crippen LogP contribution in [-0.2, 0) is 19.1 Å². The lowest BCUT2D eigenvalue weighted by Crippen LogP contribution is -2.06. The Morgan fingerprint density at radius 3 is 2.29 bits per heavy atom. The minimum Gasteiger partial charge on any atom is -0.466 e. The molecule has 0 aromatic carbocycles. The third-order valence-corrected chi connectivity index (χ3v) is 1.43. The Labute approximate surface area is 83.2 Å². The third-order valence-electron chi connectivity index (χ3n) is 1.43. The van der Waals surface area contributed by atoms with Gasteiger partial charge in [-0.15, -0.1) is 0 Å². The van der Waals surface area contributed by atoms with Crippen molar-refractivity contribution in [2.24, 2.45) is 0 Å². The van der Waals surface area contributed by atoms with E-state index >= 15 is 0 Å². The van der Waals surface area contributed by atoms with E-state index in [4.69, 9.17) is 0 Å². The predicted molar refractivity (Wildman–Crippen MR) is 51.5 cm³/mol. The zero-order valence-corrected chi connectivity index (χ0v) is 8.57. The van der Waals surface area contributed by atoms with Crippen LogP contribution < -0.4 is 0 Å². The molecule has 0 aliphatic rings. The molecule has 0 saturated carbocycles. The summed E-state index contributed by atoms with van der Waals surface area (Å²) in [5.41, 5.74) is 0.182. The maximum Gasteiger partial charge on any atom is 0.338 e. The molecule has 0 heterocycles. The van der Waals surface area contributed by atoms with E-state index in [-0.39, 0.29) is 5.57 Å². The van der Waals surface area contributed by atoms with Crippen LogP contribution in [0.25, 0.3) is 0 Å². The largest absolute Gasteiger partial charge is 0.466 e. The molecule has 0 N–H and O–H groups in total. The average molecular weight is 198 g/mol. The topological polar surface area (TPSA) is 52.6 Å². The Morgan fingerprint density at radius 2 is 1.86 bits per heavy atom. The monoisotopic (exact) mass is 198 g/mol. The first-order valence-corrected chi connectivity index (χ1v) is 4.20. The van der Waals surface area contributed by atoms with Gasteiger partial charge in [-0.25, -0.2) is 9.59 Å². The van der Waals surface area contributed by atoms with Gasteiger partial charge in [0.2, 0.25) is 0 Å². The van der Waals surface area contributed by atoms with Crippen LogP contribution >= 0.6 is 0 Å². The van der Waals surface area contributed by atoms with Gasteiger partial charge in [-0.3, -0.25) is 0 Å². The standard InChI is InChI=1S/C10H14O4/c1-4-5-6-8(10(12)14-3)7-9(11)13-2/h5-7H,4H2,1-3H3/b6-5+,8-7-. The Kier molecular flexibility index (Phi) is 6.11. The third kappa shape index (κ3) is 4.45. The fourth-order valence-corrected chi connectivity index (χ4v) is 0.724. The Morgan fingerprint density at radius 1 is 1.21 bits per heavy atom. The van der Waals surface area contributed by atoms with Crippen LogP contribution in [0.5, 0.6) is 0 Å². The molecule has 78 valence electrons. The highest BCUT2D eigenvalue weighted by Crippen LogP contribution is 2.01. The molecule has 0 aliphatic heterocycles. The maximum absolute atomic E-state index is 11.1. The summed E-state index contributed by atoms with van der Waals surface area (Å²) in [6.07, 6.45) is 5.15. The van der Waals surface area contributed by atoms with Gasteiger partial charge in [-0.1, -0.05) is 19.1 Å². The molecule has 0 bridgehead atoms. The van der Waals surface area contributed by atoms with Crippen LogP contribution in [0, 0.1) is 0 Å². The van der Waals surface area contributed by atoms with Crippen LogP contribution in [-0.4, -0.2) is 26.2 Å². The average Bonchev–Trinajstić information content (AvgIpc) is 2.22. The lowest BCUT2D eigenvalue weighted by atomic mass is 10.2. The quantitative estimate of drug-likeness (QED) is 0.387. The van der Waals surface area contributed by atoms with Crippen molar-refractivity contribution < 1.29 is 19.1 Å². The zero-order chi connectivity index (χ0) is 11.0. The second-order valence-electron chi connectivity index (χ2n) is 2.43. The van der Waals surface area contributed by atoms with Crippen molar-refractivity contribution in [1.82, 2.24) is 0 Å². The Bertz CT molecular complexity index is 263. The number of hydrogen-bond acceptors (Lipinski definition) is 4. The van der Waals surface area contributed by atoms with E-state index in [9.17, 15) is 9.59 Å². The van der Waals surface area contributed by atoms with Crippen LogP contribution in [0.15, 0.2) is 23.8 Å². The summed E-state index contributed by atoms with van der Waals surface area (Å²) in [6, 6.07) is 0. The summed E-state index contributed by atoms with van der Waals surface area (Å²) in [7, 11) is 2.50. The van der Waals surface area contributed by atoms with Crippen LogP contribution in [0.3, 0.4) is 0 Å². The van der Waals surface area contributed by atoms with Crippen molar-refractivity contribution in [3.63, 3.8) is 0 Å². The van der Waals surface area contributed by atoms with E-state index < -0.39 is 11.9 Å². The van der Waals surface area contributed by atoms with Gasteiger partial charge in [0.1, 0.15) is 0 Å². The van der Waals surface area contributed by atoms with Crippen molar-refractivity contribution in [1.29, 1.82) is 0 Å². The minimum atomic E-state index is -0.578. The number of allylic oxidation sites excluding steroid dienone is 1. The fourth-order valence-electron chi connectivity index (χ4n) is 0.724. The van der Waals surface area contributed by atoms with E-state index in [1.165, 1.54) is 20.3 Å². The summed E-state index contributed by atoms with van der Waals surface area (Å²) in [5, 5.41) is 0. The highest BCUT2D eigenvalue weighted by Gasteiger charge is 2.08. The van der Waals surface area contributed by atoms with Crippen molar-refractivity contribution in [2.75, 3.05) is 14.2 Å². The molecule has 0 unspecified atom stereocenters. The fraction of sp³-hybridized carbons (Fsp3) is 0.400. The molecule has 0 spiro atoms. The van der Waals surface area contributed by atoms with Gasteiger partial charge < -0.3 is 9.47 Å². The molecule has 0 aromatic rings. The lowest BCUT2D eigenvalue weighted by molar-refractivity contribution is -0.138. The van der Waals surface area contributed by atoms with Crippen molar-refractivity contribution in [2.45, 2.75) is 13.3 Å². The SMILES string of the molecule is CC/C=C/C(=C/C(=O)OC)C(=O)OC. The molecule has 14 heavy (non-hydrogen) atoms. The van der Waals surface area contributed by atoms with Gasteiger partial charge in [0.25, 0.3) is 0 Å². The molecule has 0 saturated heterocycles. The lowest BCUT2D eigenvalue weighted by Gasteiger charge is -1.98. The molecule has 0 amide bonds. The summed E-state index contributed by atoms with van der Waals surface area (Å²) in [5.74, 6) is -1.13. The first-order valence-electron chi connectivity index (χ1n) is 4.20. The van der Waals surface area contributed by atoms with E-state index in [0.717, 1.165) is 12.5 Å². The minimum absolute atomic E-state index is 0.182. The molecule has 4 heteroatoms. The van der Waals surface area contributed by atoms with Crippen molar-refractivity contribution >= 4 is 11.9 Å². The number of methoxy groups -OCH3 is 2. The first-order chi connectivity index (χ1) is 6.65. The molecule has 4 nitrogen and oxygen atoms in total. The van der Waals surface area contributed by atoms with Gasteiger partial charge in [0.15, 0.2) is 0 Å². The van der Waals surface area contributed by atoms with Gasteiger partial charge >= 0.3 is 11.9 Å². The summed E-state index contributed by atoms with van der Waals surface area (Å²) in [6.45, 7) is 1.92. The van der Waals surface area contributed by atoms with E-state index in [1.54, 1.807) is 6.08 Å². The van der Waals surface area contributed by atoms with Crippen LogP contribution in [0.2, 0.25) is 0 Å². The summed E-state index contributed by atoms with van der Waals surface area (Å²) in [4.78, 5) is 22.0. The van der Waals surface area contributed by atoms with Gasteiger partial charge in [0, 0.05) is 6.08 Å². The second-order valence-corrected chi connectivity index (χ2v) is 2.43. The number of rotatable bonds is 4. The Balaban J connectivity index is 4.71. The summed E-state index contributed by atoms with van der Waals surface area (Å²) < 4.78 is 8.89. The van der Waals surface area contributed by atoms with Crippen molar-refractivity contribution in [3.8, 4) is 0 Å². The zero-order valence-electron chi connectivity index (χ0n) is 8.57. The van der Waals surface area contributed by atoms with Crippen LogP contribution in [0.4, 0.5) is 0 Å². The second kappa shape index (κ2) is 6.88. The van der Waals surface area contributed by atoms with Crippen molar-refractivity contribution in [3.05, 3.63) is 23.8 Å². The van der Waals surface area contributed by atoms with E-state index in [1.807, 2.05) is 6.92 Å². The highest BCUT2D eigenvalue weighted by atomic mass is 16.5. The molecular weight excluding hydrogens is 184 g/mol. The molecular formula is C10H14O4. The number of ether oxygens (including phenoxy) is 2. The number of hydrogen-bond donors (Lipinski definition) is 0. The molecule has 0 aliphatic carbocycles. The van der Waals surface area contributed by atoms with E-state index in [2.05, 4.69) is 9.47 Å². The normalized spacial score (nSPS) is 11.5.